The van der Waals surface area contributed by atoms with Crippen LogP contribution in [0.1, 0.15) is 58.4 Å². The van der Waals surface area contributed by atoms with Gasteiger partial charge in [-0.2, -0.15) is 0 Å². The summed E-state index contributed by atoms with van der Waals surface area (Å²) < 4.78 is 1.98. The van der Waals surface area contributed by atoms with Crippen molar-refractivity contribution in [2.45, 2.75) is 63.9 Å². The van der Waals surface area contributed by atoms with E-state index in [0.717, 1.165) is 12.8 Å². The maximum atomic E-state index is 12.1. The summed E-state index contributed by atoms with van der Waals surface area (Å²) in [5.74, 6) is -0.178. The molecule has 0 bridgehead atoms. The number of carbonyl (C=O) groups excluding carboxylic acids is 2. The molecular formula is C19H28INO3. The standard InChI is InChI=1S/C19H28NO3.HI/c1-14(21)5-8-19(16-6-11-20(4)12-7-16)10-9-18(3,23)17(13-19)15(2)22;/h6-7,11-12,17,23H,5,8-10,13H2,1-4H3;1H/q+1;/p-1. The summed E-state index contributed by atoms with van der Waals surface area (Å²) in [6.07, 6.45) is 7.22. The predicted molar refractivity (Wildman–Crippen MR) is 87.9 cm³/mol. The van der Waals surface area contributed by atoms with Gasteiger partial charge in [0, 0.05) is 24.5 Å². The second-order valence-corrected chi connectivity index (χ2v) is 7.46. The average molecular weight is 445 g/mol. The summed E-state index contributed by atoms with van der Waals surface area (Å²) in [5, 5.41) is 10.6. The molecule has 1 fully saturated rings. The Bertz CT molecular complexity index is 597. The molecule has 1 aliphatic carbocycles. The largest absolute Gasteiger partial charge is 1.00 e. The van der Waals surface area contributed by atoms with Gasteiger partial charge in [0.1, 0.15) is 18.6 Å². The van der Waals surface area contributed by atoms with Gasteiger partial charge in [-0.05, 0) is 57.4 Å². The van der Waals surface area contributed by atoms with E-state index in [9.17, 15) is 14.7 Å². The molecule has 0 aromatic carbocycles. The molecule has 4 nitrogen and oxygen atoms in total. The minimum atomic E-state index is -0.953. The van der Waals surface area contributed by atoms with Crippen molar-refractivity contribution >= 4 is 11.6 Å². The minimum absolute atomic E-state index is 0. The Kier molecular flexibility index (Phi) is 7.11. The van der Waals surface area contributed by atoms with E-state index in [1.54, 1.807) is 20.8 Å². The molecular weight excluding hydrogens is 417 g/mol. The third kappa shape index (κ3) is 4.63. The molecule has 0 amide bonds. The molecule has 1 aromatic rings. The molecule has 3 unspecified atom stereocenters. The Morgan fingerprint density at radius 1 is 1.25 bits per heavy atom. The van der Waals surface area contributed by atoms with Gasteiger partial charge in [0.2, 0.25) is 0 Å². The Morgan fingerprint density at radius 3 is 2.33 bits per heavy atom. The number of halogens is 1. The number of aryl methyl sites for hydroxylation is 1. The van der Waals surface area contributed by atoms with E-state index >= 15 is 0 Å². The van der Waals surface area contributed by atoms with Crippen molar-refractivity contribution in [2.75, 3.05) is 0 Å². The number of ketones is 2. The quantitative estimate of drug-likeness (QED) is 0.480. The van der Waals surface area contributed by atoms with Gasteiger partial charge in [-0.3, -0.25) is 4.79 Å². The molecule has 0 spiro atoms. The Morgan fingerprint density at radius 2 is 1.83 bits per heavy atom. The highest BCUT2D eigenvalue weighted by Crippen LogP contribution is 2.49. The lowest BCUT2D eigenvalue weighted by molar-refractivity contribution is -0.671. The fraction of sp³-hybridized carbons (Fsp3) is 0.632. The summed E-state index contributed by atoms with van der Waals surface area (Å²) in [5.41, 5.74) is 0.00219. The fourth-order valence-corrected chi connectivity index (χ4v) is 3.86. The number of nitrogens with zero attached hydrogens (tertiary/aromatic N) is 1. The first-order valence-corrected chi connectivity index (χ1v) is 8.34. The molecule has 24 heavy (non-hydrogen) atoms. The number of aliphatic hydroxyl groups is 1. The van der Waals surface area contributed by atoms with Gasteiger partial charge in [-0.1, -0.05) is 0 Å². The number of Topliss-reactive ketones (excluding diaryl/α,β-unsaturated/α-hetero) is 2. The summed E-state index contributed by atoms with van der Waals surface area (Å²) in [6, 6.07) is 4.16. The molecule has 5 heteroatoms. The average Bonchev–Trinajstić information content (AvgIpc) is 2.47. The van der Waals surface area contributed by atoms with Crippen molar-refractivity contribution in [3.8, 4) is 0 Å². The van der Waals surface area contributed by atoms with E-state index < -0.39 is 5.60 Å². The van der Waals surface area contributed by atoms with Crippen LogP contribution >= 0.6 is 0 Å². The van der Waals surface area contributed by atoms with Crippen LogP contribution in [0.15, 0.2) is 24.5 Å². The van der Waals surface area contributed by atoms with Crippen LogP contribution in [-0.2, 0) is 22.1 Å². The number of hydrogen-bond donors (Lipinski definition) is 1. The molecule has 2 rings (SSSR count). The smallest absolute Gasteiger partial charge is 0.168 e. The van der Waals surface area contributed by atoms with E-state index in [4.69, 9.17) is 0 Å². The first-order chi connectivity index (χ1) is 10.7. The SMILES string of the molecule is CC(=O)CCC1(c2cc[n+](C)cc2)CCC(C)(O)C(C(C)=O)C1.[I-]. The molecule has 3 atom stereocenters. The van der Waals surface area contributed by atoms with E-state index in [-0.39, 0.29) is 46.9 Å². The molecule has 1 aromatic heterocycles. The lowest BCUT2D eigenvalue weighted by Crippen LogP contribution is -3.00. The van der Waals surface area contributed by atoms with Crippen LogP contribution in [0.5, 0.6) is 0 Å². The van der Waals surface area contributed by atoms with Crippen LogP contribution in [0.4, 0.5) is 0 Å². The maximum Gasteiger partial charge on any atom is 0.168 e. The maximum absolute atomic E-state index is 12.1. The number of hydrogen-bond acceptors (Lipinski definition) is 3. The summed E-state index contributed by atoms with van der Waals surface area (Å²) in [6.45, 7) is 4.93. The Balaban J connectivity index is 0.00000288. The van der Waals surface area contributed by atoms with Gasteiger partial charge in [-0.15, -0.1) is 0 Å². The molecule has 134 valence electrons. The van der Waals surface area contributed by atoms with Gasteiger partial charge in [-0.25, -0.2) is 4.57 Å². The monoisotopic (exact) mass is 445 g/mol. The van der Waals surface area contributed by atoms with Crippen LogP contribution < -0.4 is 28.5 Å². The molecule has 0 aliphatic heterocycles. The molecule has 1 saturated carbocycles. The third-order valence-corrected chi connectivity index (χ3v) is 5.49. The second kappa shape index (κ2) is 8.04. The van der Waals surface area contributed by atoms with E-state index in [2.05, 4.69) is 12.1 Å². The van der Waals surface area contributed by atoms with Crippen molar-refractivity contribution in [1.29, 1.82) is 0 Å². The Labute approximate surface area is 161 Å². The molecule has 1 heterocycles. The second-order valence-electron chi connectivity index (χ2n) is 7.46. The zero-order chi connectivity index (χ0) is 17.3. The topological polar surface area (TPSA) is 58.2 Å². The van der Waals surface area contributed by atoms with E-state index in [1.807, 2.05) is 24.0 Å². The van der Waals surface area contributed by atoms with Crippen LogP contribution in [0.25, 0.3) is 0 Å². The van der Waals surface area contributed by atoms with Crippen LogP contribution in [0, 0.1) is 5.92 Å². The number of aromatic nitrogens is 1. The zero-order valence-electron chi connectivity index (χ0n) is 15.0. The van der Waals surface area contributed by atoms with Crippen LogP contribution in [-0.4, -0.2) is 22.3 Å². The summed E-state index contributed by atoms with van der Waals surface area (Å²) in [4.78, 5) is 23.6. The van der Waals surface area contributed by atoms with Gasteiger partial charge in [0.15, 0.2) is 12.4 Å². The predicted octanol–water partition coefficient (Wildman–Crippen LogP) is -0.738. The normalized spacial score (nSPS) is 29.6. The van der Waals surface area contributed by atoms with Crippen molar-refractivity contribution < 1.29 is 43.2 Å². The lowest BCUT2D eigenvalue weighted by Gasteiger charge is -2.47. The summed E-state index contributed by atoms with van der Waals surface area (Å²) in [7, 11) is 1.97. The fourth-order valence-electron chi connectivity index (χ4n) is 3.86. The first kappa shape index (κ1) is 21.2. The minimum Gasteiger partial charge on any atom is -1.00 e. The van der Waals surface area contributed by atoms with Gasteiger partial charge in [0.25, 0.3) is 0 Å². The van der Waals surface area contributed by atoms with Crippen LogP contribution in [0.2, 0.25) is 0 Å². The van der Waals surface area contributed by atoms with Crippen LogP contribution in [0.3, 0.4) is 0 Å². The van der Waals surface area contributed by atoms with E-state index in [0.29, 0.717) is 19.3 Å². The van der Waals surface area contributed by atoms with Gasteiger partial charge >= 0.3 is 0 Å². The highest BCUT2D eigenvalue weighted by Gasteiger charge is 2.48. The van der Waals surface area contributed by atoms with Crippen molar-refractivity contribution in [1.82, 2.24) is 0 Å². The van der Waals surface area contributed by atoms with Gasteiger partial charge in [0.05, 0.1) is 5.60 Å². The molecule has 0 radical (unpaired) electrons. The number of rotatable bonds is 5. The highest BCUT2D eigenvalue weighted by atomic mass is 127. The molecule has 1 aliphatic rings. The van der Waals surface area contributed by atoms with Gasteiger partial charge < -0.3 is 33.9 Å². The molecule has 0 saturated heterocycles. The van der Waals surface area contributed by atoms with Crippen molar-refractivity contribution in [3.63, 3.8) is 0 Å². The zero-order valence-corrected chi connectivity index (χ0v) is 17.2. The Hall–Kier alpha value is -0.820. The van der Waals surface area contributed by atoms with Crippen molar-refractivity contribution in [3.05, 3.63) is 30.1 Å². The number of carbonyl (C=O) groups is 2. The van der Waals surface area contributed by atoms with Crippen molar-refractivity contribution in [2.24, 2.45) is 13.0 Å². The van der Waals surface area contributed by atoms with E-state index in [1.165, 1.54) is 5.56 Å². The lowest BCUT2D eigenvalue weighted by atomic mass is 9.58. The summed E-state index contributed by atoms with van der Waals surface area (Å²) >= 11 is 0. The first-order valence-electron chi connectivity index (χ1n) is 8.34. The molecule has 1 N–H and O–H groups in total. The highest BCUT2D eigenvalue weighted by molar-refractivity contribution is 5.80. The third-order valence-electron chi connectivity index (χ3n) is 5.49. The number of pyridine rings is 1.